The molecular formula is C14H16N2O2S. The van der Waals surface area contributed by atoms with E-state index in [0.29, 0.717) is 24.1 Å². The summed E-state index contributed by atoms with van der Waals surface area (Å²) in [7, 11) is 0. The van der Waals surface area contributed by atoms with E-state index >= 15 is 0 Å². The molecule has 0 amide bonds. The lowest BCUT2D eigenvalue weighted by atomic mass is 10.3. The van der Waals surface area contributed by atoms with E-state index < -0.39 is 0 Å². The minimum Gasteiger partial charge on any atom is -0.476 e. The molecule has 2 N–H and O–H groups in total. The number of ether oxygens (including phenoxy) is 2. The second kappa shape index (κ2) is 6.33. The summed E-state index contributed by atoms with van der Waals surface area (Å²) in [6, 6.07) is 11.3. The summed E-state index contributed by atoms with van der Waals surface area (Å²) in [6.45, 7) is 2.40. The normalized spacial score (nSPS) is 10.2. The van der Waals surface area contributed by atoms with Crippen molar-refractivity contribution in [3.8, 4) is 17.5 Å². The fraction of sp³-hybridized carbons (Fsp3) is 0.214. The molecule has 100 valence electrons. The first-order chi connectivity index (χ1) is 9.22. The summed E-state index contributed by atoms with van der Waals surface area (Å²) in [5, 5.41) is 0. The Morgan fingerprint density at radius 1 is 1.16 bits per heavy atom. The third kappa shape index (κ3) is 3.54. The minimum atomic E-state index is 0.403. The van der Waals surface area contributed by atoms with Crippen molar-refractivity contribution in [1.29, 1.82) is 0 Å². The first-order valence-electron chi connectivity index (χ1n) is 5.94. The van der Waals surface area contributed by atoms with Gasteiger partial charge < -0.3 is 15.2 Å². The first-order valence-corrected chi connectivity index (χ1v) is 7.16. The van der Waals surface area contributed by atoms with Crippen LogP contribution in [0.2, 0.25) is 0 Å². The Labute approximate surface area is 116 Å². The average molecular weight is 276 g/mol. The second-order valence-electron chi connectivity index (χ2n) is 3.75. The van der Waals surface area contributed by atoms with Crippen LogP contribution in [0.1, 0.15) is 6.92 Å². The van der Waals surface area contributed by atoms with Crippen molar-refractivity contribution in [2.45, 2.75) is 11.8 Å². The quantitative estimate of drug-likeness (QED) is 0.846. The highest BCUT2D eigenvalue weighted by atomic mass is 32.2. The van der Waals surface area contributed by atoms with Gasteiger partial charge in [-0.15, -0.1) is 11.8 Å². The van der Waals surface area contributed by atoms with Crippen molar-refractivity contribution >= 4 is 17.4 Å². The van der Waals surface area contributed by atoms with Crippen molar-refractivity contribution < 1.29 is 9.47 Å². The van der Waals surface area contributed by atoms with Crippen molar-refractivity contribution in [1.82, 2.24) is 4.98 Å². The number of hydrogen-bond donors (Lipinski definition) is 1. The van der Waals surface area contributed by atoms with Crippen LogP contribution in [0.25, 0.3) is 0 Å². The fourth-order valence-electron chi connectivity index (χ4n) is 1.51. The summed E-state index contributed by atoms with van der Waals surface area (Å²) in [6.07, 6.45) is 2.03. The van der Waals surface area contributed by atoms with Crippen LogP contribution < -0.4 is 15.2 Å². The molecule has 0 spiro atoms. The zero-order valence-corrected chi connectivity index (χ0v) is 11.7. The Morgan fingerprint density at radius 2 is 1.89 bits per heavy atom. The number of rotatable bonds is 5. The molecule has 1 heterocycles. The molecule has 2 rings (SSSR count). The van der Waals surface area contributed by atoms with Gasteiger partial charge in [0.05, 0.1) is 12.3 Å². The number of nitrogen functional groups attached to an aromatic ring is 1. The van der Waals surface area contributed by atoms with Gasteiger partial charge in [-0.25, -0.2) is 0 Å². The van der Waals surface area contributed by atoms with Crippen molar-refractivity contribution in [2.75, 3.05) is 18.6 Å². The van der Waals surface area contributed by atoms with Crippen LogP contribution >= 0.6 is 11.8 Å². The number of pyridine rings is 1. The molecule has 1 aromatic carbocycles. The Balaban J connectivity index is 2.15. The number of thioether (sulfide) groups is 1. The predicted octanol–water partition coefficient (Wildman–Crippen LogP) is 3.58. The molecule has 1 aromatic heterocycles. The van der Waals surface area contributed by atoms with Gasteiger partial charge in [0, 0.05) is 11.0 Å². The van der Waals surface area contributed by atoms with E-state index in [1.54, 1.807) is 23.9 Å². The third-order valence-corrected chi connectivity index (χ3v) is 3.17. The standard InChI is InChI=1S/C14H16N2O2S/c1-3-17-14-12(15)8-9-13(16-14)18-10-4-6-11(19-2)7-5-10/h4-9H,3,15H2,1-2H3. The van der Waals surface area contributed by atoms with Gasteiger partial charge in [0.2, 0.25) is 11.8 Å². The lowest BCUT2D eigenvalue weighted by Crippen LogP contribution is -2.00. The highest BCUT2D eigenvalue weighted by Crippen LogP contribution is 2.27. The van der Waals surface area contributed by atoms with Crippen LogP contribution in [0.3, 0.4) is 0 Å². The Kier molecular flexibility index (Phi) is 4.52. The van der Waals surface area contributed by atoms with Gasteiger partial charge in [-0.2, -0.15) is 4.98 Å². The maximum absolute atomic E-state index is 5.76. The van der Waals surface area contributed by atoms with E-state index in [2.05, 4.69) is 4.98 Å². The predicted molar refractivity (Wildman–Crippen MR) is 78.1 cm³/mol. The molecule has 0 saturated carbocycles. The van der Waals surface area contributed by atoms with Gasteiger partial charge in [0.25, 0.3) is 0 Å². The van der Waals surface area contributed by atoms with Crippen LogP contribution in [-0.2, 0) is 0 Å². The molecule has 19 heavy (non-hydrogen) atoms. The number of aromatic nitrogens is 1. The zero-order valence-electron chi connectivity index (χ0n) is 10.9. The van der Waals surface area contributed by atoms with Gasteiger partial charge in [-0.3, -0.25) is 0 Å². The summed E-state index contributed by atoms with van der Waals surface area (Å²) in [5.74, 6) is 1.60. The Hall–Kier alpha value is -1.88. The van der Waals surface area contributed by atoms with Gasteiger partial charge in [-0.1, -0.05) is 0 Å². The lowest BCUT2D eigenvalue weighted by Gasteiger charge is -2.09. The monoisotopic (exact) mass is 276 g/mol. The molecule has 0 atom stereocenters. The molecule has 0 saturated heterocycles. The number of hydrogen-bond acceptors (Lipinski definition) is 5. The van der Waals surface area contributed by atoms with E-state index in [0.717, 1.165) is 5.75 Å². The maximum atomic E-state index is 5.76. The molecule has 0 aliphatic heterocycles. The van der Waals surface area contributed by atoms with Gasteiger partial charge in [-0.05, 0) is 43.5 Å². The molecule has 0 radical (unpaired) electrons. The molecule has 0 fully saturated rings. The zero-order chi connectivity index (χ0) is 13.7. The molecule has 0 aliphatic rings. The van der Waals surface area contributed by atoms with E-state index in [4.69, 9.17) is 15.2 Å². The topological polar surface area (TPSA) is 57.4 Å². The molecular weight excluding hydrogens is 260 g/mol. The van der Waals surface area contributed by atoms with Gasteiger partial charge in [0.15, 0.2) is 0 Å². The van der Waals surface area contributed by atoms with Gasteiger partial charge >= 0.3 is 0 Å². The number of anilines is 1. The van der Waals surface area contributed by atoms with Crippen LogP contribution in [-0.4, -0.2) is 17.8 Å². The third-order valence-electron chi connectivity index (χ3n) is 2.43. The van der Waals surface area contributed by atoms with Crippen LogP contribution in [0.15, 0.2) is 41.3 Å². The summed E-state index contributed by atoms with van der Waals surface area (Å²) in [5.41, 5.74) is 6.27. The SMILES string of the molecule is CCOc1nc(Oc2ccc(SC)cc2)ccc1N. The van der Waals surface area contributed by atoms with Crippen LogP contribution in [0.5, 0.6) is 17.5 Å². The van der Waals surface area contributed by atoms with E-state index in [1.165, 1.54) is 4.90 Å². The molecule has 5 heteroatoms. The second-order valence-corrected chi connectivity index (χ2v) is 4.63. The largest absolute Gasteiger partial charge is 0.476 e. The maximum Gasteiger partial charge on any atom is 0.240 e. The van der Waals surface area contributed by atoms with Crippen molar-refractivity contribution in [3.63, 3.8) is 0 Å². The van der Waals surface area contributed by atoms with Gasteiger partial charge in [0.1, 0.15) is 5.75 Å². The minimum absolute atomic E-state index is 0.403. The smallest absolute Gasteiger partial charge is 0.240 e. The number of nitrogens with two attached hydrogens (primary N) is 1. The molecule has 2 aromatic rings. The molecule has 0 aliphatic carbocycles. The summed E-state index contributed by atoms with van der Waals surface area (Å²) >= 11 is 1.69. The number of nitrogens with zero attached hydrogens (tertiary/aromatic N) is 1. The first kappa shape index (κ1) is 13.5. The highest BCUT2D eigenvalue weighted by Gasteiger charge is 2.05. The average Bonchev–Trinajstić information content (AvgIpc) is 2.44. The fourth-order valence-corrected chi connectivity index (χ4v) is 1.92. The van der Waals surface area contributed by atoms with E-state index in [1.807, 2.05) is 37.4 Å². The molecule has 0 bridgehead atoms. The van der Waals surface area contributed by atoms with E-state index in [-0.39, 0.29) is 0 Å². The molecule has 0 unspecified atom stereocenters. The summed E-state index contributed by atoms with van der Waals surface area (Å²) < 4.78 is 11.0. The van der Waals surface area contributed by atoms with Crippen LogP contribution in [0.4, 0.5) is 5.69 Å². The Bertz CT molecular complexity index is 544. The van der Waals surface area contributed by atoms with Crippen LogP contribution in [0, 0.1) is 0 Å². The Morgan fingerprint density at radius 3 is 2.53 bits per heavy atom. The van der Waals surface area contributed by atoms with Crippen molar-refractivity contribution in [2.24, 2.45) is 0 Å². The summed E-state index contributed by atoms with van der Waals surface area (Å²) in [4.78, 5) is 5.41. The highest BCUT2D eigenvalue weighted by molar-refractivity contribution is 7.98. The van der Waals surface area contributed by atoms with E-state index in [9.17, 15) is 0 Å². The van der Waals surface area contributed by atoms with Crippen molar-refractivity contribution in [3.05, 3.63) is 36.4 Å². The lowest BCUT2D eigenvalue weighted by molar-refractivity contribution is 0.323. The molecule has 4 nitrogen and oxygen atoms in total. The number of benzene rings is 1.